The van der Waals surface area contributed by atoms with Crippen molar-refractivity contribution < 1.29 is 10.2 Å². The predicted molar refractivity (Wildman–Crippen MR) is 86.4 cm³/mol. The molecule has 0 spiro atoms. The Kier molecular flexibility index (Phi) is 4.65. The van der Waals surface area contributed by atoms with Crippen molar-refractivity contribution in [2.24, 2.45) is 21.6 Å². The van der Waals surface area contributed by atoms with E-state index in [1.807, 2.05) is 18.9 Å². The zero-order valence-corrected chi connectivity index (χ0v) is 12.7. The summed E-state index contributed by atoms with van der Waals surface area (Å²) in [5.41, 5.74) is 6.47. The second-order valence-corrected chi connectivity index (χ2v) is 5.34. The molecule has 1 aliphatic heterocycles. The second-order valence-electron chi connectivity index (χ2n) is 5.34. The van der Waals surface area contributed by atoms with Crippen LogP contribution in [0, 0.1) is 11.3 Å². The topological polar surface area (TPSA) is 118 Å². The maximum Gasteiger partial charge on any atom is 0.245 e. The van der Waals surface area contributed by atoms with Crippen molar-refractivity contribution in [3.8, 4) is 11.5 Å². The highest BCUT2D eigenvalue weighted by atomic mass is 16.3. The molecule has 1 heterocycles. The number of amidine groups is 2. The van der Waals surface area contributed by atoms with Crippen LogP contribution in [0.15, 0.2) is 28.2 Å². The van der Waals surface area contributed by atoms with Gasteiger partial charge in [0.05, 0.1) is 0 Å². The highest BCUT2D eigenvalue weighted by Gasteiger charge is 2.22. The molecular weight excluding hydrogens is 282 g/mol. The van der Waals surface area contributed by atoms with Crippen LogP contribution in [0.2, 0.25) is 0 Å². The van der Waals surface area contributed by atoms with Gasteiger partial charge in [0.1, 0.15) is 11.7 Å². The van der Waals surface area contributed by atoms with Gasteiger partial charge in [0, 0.05) is 31.5 Å². The minimum Gasteiger partial charge on any atom is -0.504 e. The summed E-state index contributed by atoms with van der Waals surface area (Å²) >= 11 is 0. The summed E-state index contributed by atoms with van der Waals surface area (Å²) in [6, 6.07) is 4.83. The Morgan fingerprint density at radius 1 is 1.36 bits per heavy atom. The Balaban J connectivity index is 2.20. The van der Waals surface area contributed by atoms with Gasteiger partial charge in [0.2, 0.25) is 5.96 Å². The summed E-state index contributed by atoms with van der Waals surface area (Å²) in [7, 11) is 1.82. The Morgan fingerprint density at radius 2 is 2.09 bits per heavy atom. The number of benzene rings is 1. The van der Waals surface area contributed by atoms with E-state index in [9.17, 15) is 10.2 Å². The molecule has 1 atom stereocenters. The van der Waals surface area contributed by atoms with Crippen molar-refractivity contribution in [2.75, 3.05) is 7.05 Å². The molecule has 7 heteroatoms. The van der Waals surface area contributed by atoms with E-state index in [0.717, 1.165) is 6.42 Å². The summed E-state index contributed by atoms with van der Waals surface area (Å²) in [5, 5.41) is 27.2. The van der Waals surface area contributed by atoms with Crippen LogP contribution in [-0.2, 0) is 6.54 Å². The monoisotopic (exact) mass is 303 g/mol. The van der Waals surface area contributed by atoms with Crippen LogP contribution in [0.4, 0.5) is 0 Å². The molecular formula is C15H21N5O2. The number of phenols is 2. The Labute approximate surface area is 129 Å². The molecule has 118 valence electrons. The number of nitrogens with two attached hydrogens (primary N) is 1. The molecule has 0 saturated carbocycles. The van der Waals surface area contributed by atoms with Crippen LogP contribution < -0.4 is 5.73 Å². The van der Waals surface area contributed by atoms with Gasteiger partial charge >= 0.3 is 0 Å². The Bertz CT molecular complexity index is 639. The van der Waals surface area contributed by atoms with E-state index in [1.165, 1.54) is 6.07 Å². The number of hydrogen-bond acceptors (Lipinski definition) is 5. The summed E-state index contributed by atoms with van der Waals surface area (Å²) in [6.45, 7) is 2.38. The van der Waals surface area contributed by atoms with Crippen molar-refractivity contribution in [3.63, 3.8) is 0 Å². The van der Waals surface area contributed by atoms with Gasteiger partial charge in [-0.1, -0.05) is 19.1 Å². The standard InChI is InChI=1S/C15H21N5O2/c1-3-9-7-12(18-15(17)19-14(9)16)20(2)8-10-5-4-6-11(21)13(10)22/h4-6,9,21-22H,3,7-8H2,1-2H3,(H3,16,17,19). The predicted octanol–water partition coefficient (Wildman–Crippen LogP) is 1.65. The normalized spacial score (nSPS) is 18.5. The van der Waals surface area contributed by atoms with Gasteiger partial charge in [0.25, 0.3) is 0 Å². The highest BCUT2D eigenvalue weighted by Crippen LogP contribution is 2.29. The molecule has 1 aliphatic rings. The minimum atomic E-state index is -0.152. The average Bonchev–Trinajstić information content (AvgIpc) is 2.61. The lowest BCUT2D eigenvalue weighted by atomic mass is 10.00. The summed E-state index contributed by atoms with van der Waals surface area (Å²) in [5.74, 6) is 0.753. The lowest BCUT2D eigenvalue weighted by Gasteiger charge is -2.23. The molecule has 2 rings (SSSR count). The Morgan fingerprint density at radius 3 is 2.77 bits per heavy atom. The van der Waals surface area contributed by atoms with Crippen LogP contribution in [0.3, 0.4) is 0 Å². The van der Waals surface area contributed by atoms with E-state index in [0.29, 0.717) is 30.2 Å². The van der Waals surface area contributed by atoms with Crippen molar-refractivity contribution in [1.82, 2.24) is 4.90 Å². The SMILES string of the molecule is CCC1CC(N(C)Cc2cccc(O)c2O)=NC(=N)N=C1N. The van der Waals surface area contributed by atoms with Crippen LogP contribution in [0.1, 0.15) is 25.3 Å². The molecule has 0 radical (unpaired) electrons. The minimum absolute atomic E-state index is 0.0434. The van der Waals surface area contributed by atoms with E-state index in [4.69, 9.17) is 11.1 Å². The smallest absolute Gasteiger partial charge is 0.245 e. The first-order valence-electron chi connectivity index (χ1n) is 7.13. The Hall–Kier alpha value is -2.57. The van der Waals surface area contributed by atoms with Gasteiger partial charge in [0.15, 0.2) is 11.5 Å². The molecule has 0 bridgehead atoms. The summed E-state index contributed by atoms with van der Waals surface area (Å²) < 4.78 is 0. The van der Waals surface area contributed by atoms with Gasteiger partial charge in [-0.15, -0.1) is 0 Å². The number of aromatic hydroxyl groups is 2. The van der Waals surface area contributed by atoms with Crippen LogP contribution in [0.5, 0.6) is 11.5 Å². The maximum absolute atomic E-state index is 9.89. The number of aliphatic imine (C=N–C) groups is 2. The first-order chi connectivity index (χ1) is 10.4. The van der Waals surface area contributed by atoms with Crippen molar-refractivity contribution in [1.29, 1.82) is 5.41 Å². The van der Waals surface area contributed by atoms with Gasteiger partial charge in [-0.05, 0) is 12.5 Å². The number of phenolic OH excluding ortho intramolecular Hbond substituents is 2. The summed E-state index contributed by atoms with van der Waals surface area (Å²) in [4.78, 5) is 9.99. The number of hydrogen-bond donors (Lipinski definition) is 4. The van der Waals surface area contributed by atoms with Gasteiger partial charge in [-0.2, -0.15) is 9.98 Å². The molecule has 7 nitrogen and oxygen atoms in total. The molecule has 1 aromatic carbocycles. The number of nitrogens with one attached hydrogen (secondary N) is 1. The van der Waals surface area contributed by atoms with E-state index in [-0.39, 0.29) is 23.4 Å². The molecule has 1 aromatic rings. The lowest BCUT2D eigenvalue weighted by Crippen LogP contribution is -2.31. The van der Waals surface area contributed by atoms with Crippen LogP contribution in [0.25, 0.3) is 0 Å². The van der Waals surface area contributed by atoms with E-state index >= 15 is 0 Å². The molecule has 22 heavy (non-hydrogen) atoms. The zero-order valence-electron chi connectivity index (χ0n) is 12.7. The zero-order chi connectivity index (χ0) is 16.3. The number of nitrogens with zero attached hydrogens (tertiary/aromatic N) is 3. The largest absolute Gasteiger partial charge is 0.504 e. The highest BCUT2D eigenvalue weighted by molar-refractivity contribution is 6.05. The fourth-order valence-electron chi connectivity index (χ4n) is 2.38. The second kappa shape index (κ2) is 6.46. The van der Waals surface area contributed by atoms with Crippen LogP contribution >= 0.6 is 0 Å². The number of rotatable bonds is 3. The number of para-hydroxylation sites is 1. The van der Waals surface area contributed by atoms with Gasteiger partial charge in [-0.3, -0.25) is 5.41 Å². The molecule has 5 N–H and O–H groups in total. The first kappa shape index (κ1) is 15.8. The van der Waals surface area contributed by atoms with Crippen molar-refractivity contribution >= 4 is 17.6 Å². The van der Waals surface area contributed by atoms with E-state index < -0.39 is 0 Å². The van der Waals surface area contributed by atoms with Crippen LogP contribution in [-0.4, -0.2) is 39.8 Å². The third-order valence-corrected chi connectivity index (χ3v) is 3.76. The molecule has 0 aromatic heterocycles. The molecule has 0 fully saturated rings. The first-order valence-corrected chi connectivity index (χ1v) is 7.13. The van der Waals surface area contributed by atoms with E-state index in [2.05, 4.69) is 9.98 Å². The fraction of sp³-hybridized carbons (Fsp3) is 0.400. The molecule has 0 aliphatic carbocycles. The van der Waals surface area contributed by atoms with Crippen molar-refractivity contribution in [2.45, 2.75) is 26.3 Å². The van der Waals surface area contributed by atoms with E-state index in [1.54, 1.807) is 12.1 Å². The average molecular weight is 303 g/mol. The third-order valence-electron chi connectivity index (χ3n) is 3.76. The quantitative estimate of drug-likeness (QED) is 0.635. The van der Waals surface area contributed by atoms with Gasteiger partial charge in [-0.25, -0.2) is 0 Å². The summed E-state index contributed by atoms with van der Waals surface area (Å²) in [6.07, 6.45) is 1.40. The molecule has 1 unspecified atom stereocenters. The fourth-order valence-corrected chi connectivity index (χ4v) is 2.38. The van der Waals surface area contributed by atoms with Crippen molar-refractivity contribution in [3.05, 3.63) is 23.8 Å². The lowest BCUT2D eigenvalue weighted by molar-refractivity contribution is 0.388. The van der Waals surface area contributed by atoms with Gasteiger partial charge < -0.3 is 20.8 Å². The molecule has 0 saturated heterocycles. The number of guanidine groups is 1. The molecule has 0 amide bonds. The third kappa shape index (κ3) is 3.36. The maximum atomic E-state index is 9.89.